The van der Waals surface area contributed by atoms with Crippen LogP contribution < -0.4 is 14.4 Å². The van der Waals surface area contributed by atoms with Gasteiger partial charge in [0, 0.05) is 0 Å². The summed E-state index contributed by atoms with van der Waals surface area (Å²) in [7, 11) is 0. The number of thioether (sulfide) groups is 1. The predicted molar refractivity (Wildman–Crippen MR) is 124 cm³/mol. The Morgan fingerprint density at radius 1 is 1.04 bits per heavy atom. The minimum absolute atomic E-state index is 0.372. The molecule has 2 fully saturated rings. The average molecular weight is 422 g/mol. The maximum Gasteiger partial charge on any atom is 0.206 e. The number of rotatable bonds is 7. The first-order valence-electron chi connectivity index (χ1n) is 11.5. The number of para-hydroxylation sites is 1. The molecular formula is C23H37N2OS2+. The third-order valence-electron chi connectivity index (χ3n) is 7.16. The van der Waals surface area contributed by atoms with Crippen molar-refractivity contribution in [1.82, 2.24) is 4.48 Å². The van der Waals surface area contributed by atoms with Crippen LogP contribution in [0.2, 0.25) is 0 Å². The third-order valence-corrected chi connectivity index (χ3v) is 9.49. The number of ether oxygens (including phenoxy) is 1. The molecule has 0 aromatic heterocycles. The Kier molecular flexibility index (Phi) is 7.19. The van der Waals surface area contributed by atoms with Gasteiger partial charge in [-0.05, 0) is 93.6 Å². The maximum absolute atomic E-state index is 6.44. The fourth-order valence-corrected chi connectivity index (χ4v) is 8.43. The van der Waals surface area contributed by atoms with E-state index in [-0.39, 0.29) is 0 Å². The van der Waals surface area contributed by atoms with Crippen molar-refractivity contribution in [3.63, 3.8) is 0 Å². The molecule has 3 aliphatic rings. The highest BCUT2D eigenvalue weighted by Crippen LogP contribution is 2.60. The van der Waals surface area contributed by atoms with E-state index < -0.39 is 0 Å². The SMILES string of the molecule is CCCCOc1cccc2c1[N+](C1CCCCC1)(C1CCCCC1)C(SN)S2. The molecule has 28 heavy (non-hydrogen) atoms. The Morgan fingerprint density at radius 3 is 2.25 bits per heavy atom. The van der Waals surface area contributed by atoms with Crippen molar-refractivity contribution in [2.75, 3.05) is 6.61 Å². The predicted octanol–water partition coefficient (Wildman–Crippen LogP) is 6.83. The van der Waals surface area contributed by atoms with Crippen molar-refractivity contribution in [3.05, 3.63) is 18.2 Å². The van der Waals surface area contributed by atoms with Gasteiger partial charge in [-0.1, -0.05) is 32.3 Å². The second-order valence-corrected chi connectivity index (χ2v) is 10.9. The molecule has 4 rings (SSSR count). The van der Waals surface area contributed by atoms with Crippen molar-refractivity contribution >= 4 is 29.4 Å². The summed E-state index contributed by atoms with van der Waals surface area (Å²) in [5.41, 5.74) is 1.49. The summed E-state index contributed by atoms with van der Waals surface area (Å²) in [4.78, 5) is 1.42. The van der Waals surface area contributed by atoms with E-state index in [0.29, 0.717) is 16.8 Å². The van der Waals surface area contributed by atoms with Crippen LogP contribution in [0.15, 0.2) is 23.1 Å². The monoisotopic (exact) mass is 421 g/mol. The van der Waals surface area contributed by atoms with Crippen molar-refractivity contribution in [1.29, 1.82) is 0 Å². The quantitative estimate of drug-likeness (QED) is 0.297. The van der Waals surface area contributed by atoms with Gasteiger partial charge in [0.2, 0.25) is 4.71 Å². The highest BCUT2D eigenvalue weighted by molar-refractivity contribution is 8.16. The van der Waals surface area contributed by atoms with Crippen LogP contribution in [0.1, 0.15) is 84.0 Å². The van der Waals surface area contributed by atoms with Crippen LogP contribution in [-0.4, -0.2) is 23.4 Å². The highest BCUT2D eigenvalue weighted by Gasteiger charge is 2.58. The van der Waals surface area contributed by atoms with E-state index in [9.17, 15) is 0 Å². The van der Waals surface area contributed by atoms with Crippen molar-refractivity contribution < 1.29 is 4.74 Å². The number of hydrogen-bond acceptors (Lipinski definition) is 4. The number of nitrogens with zero attached hydrogens (tertiary/aromatic N) is 1. The van der Waals surface area contributed by atoms with Crippen LogP contribution in [0.25, 0.3) is 0 Å². The molecule has 0 amide bonds. The number of hydrogen-bond donors (Lipinski definition) is 1. The lowest BCUT2D eigenvalue weighted by Gasteiger charge is -2.52. The molecule has 2 saturated carbocycles. The molecule has 1 aliphatic heterocycles. The standard InChI is InChI=1S/C23H37N2OS2/c1-2-3-17-26-20-15-10-16-21-22(20)25(23(27-21)28-24,18-11-6-4-7-12-18)19-13-8-5-9-14-19/h10,15-16,18-19,23H,2-9,11-14,17,24H2,1H3/q+1. The molecule has 1 heterocycles. The summed E-state index contributed by atoms with van der Waals surface area (Å²) in [6.07, 6.45) is 16.0. The van der Waals surface area contributed by atoms with Crippen LogP contribution in [0.3, 0.4) is 0 Å². The molecule has 1 aromatic carbocycles. The Hall–Kier alpha value is -0.360. The molecule has 0 radical (unpaired) electrons. The maximum atomic E-state index is 6.44. The second-order valence-electron chi connectivity index (χ2n) is 8.78. The average Bonchev–Trinajstić information content (AvgIpc) is 3.11. The van der Waals surface area contributed by atoms with Gasteiger partial charge in [0.25, 0.3) is 0 Å². The van der Waals surface area contributed by atoms with Gasteiger partial charge in [-0.15, -0.1) is 0 Å². The number of unbranched alkanes of at least 4 members (excludes halogenated alkanes) is 1. The van der Waals surface area contributed by atoms with Crippen LogP contribution >= 0.6 is 23.7 Å². The smallest absolute Gasteiger partial charge is 0.206 e. The van der Waals surface area contributed by atoms with Gasteiger partial charge < -0.3 is 4.74 Å². The molecule has 156 valence electrons. The number of benzene rings is 1. The third kappa shape index (κ3) is 3.73. The molecule has 3 nitrogen and oxygen atoms in total. The first kappa shape index (κ1) is 20.9. The summed E-state index contributed by atoms with van der Waals surface area (Å²) < 4.78 is 7.91. The minimum Gasteiger partial charge on any atom is -0.487 e. The number of fused-ring (bicyclic) bond motifs is 1. The van der Waals surface area contributed by atoms with E-state index in [4.69, 9.17) is 9.88 Å². The van der Waals surface area contributed by atoms with Gasteiger partial charge in [0.1, 0.15) is 0 Å². The molecule has 0 saturated heterocycles. The molecule has 1 aromatic rings. The zero-order valence-electron chi connectivity index (χ0n) is 17.4. The van der Waals surface area contributed by atoms with Gasteiger partial charge in [-0.2, -0.15) is 0 Å². The van der Waals surface area contributed by atoms with Crippen LogP contribution in [0.5, 0.6) is 5.75 Å². The summed E-state index contributed by atoms with van der Waals surface area (Å²) in [5, 5.41) is 6.41. The topological polar surface area (TPSA) is 35.2 Å². The van der Waals surface area contributed by atoms with Crippen molar-refractivity contribution in [3.8, 4) is 5.75 Å². The summed E-state index contributed by atoms with van der Waals surface area (Å²) in [6, 6.07) is 8.14. The first-order chi connectivity index (χ1) is 13.8. The second kappa shape index (κ2) is 9.63. The van der Waals surface area contributed by atoms with E-state index in [1.54, 1.807) is 11.9 Å². The fraction of sp³-hybridized carbons (Fsp3) is 0.739. The lowest BCUT2D eigenvalue weighted by molar-refractivity contribution is 0.0963. The van der Waals surface area contributed by atoms with E-state index in [1.165, 1.54) is 81.2 Å². The first-order valence-corrected chi connectivity index (χ1v) is 13.3. The number of quaternary nitrogens is 1. The van der Waals surface area contributed by atoms with Gasteiger partial charge >= 0.3 is 0 Å². The van der Waals surface area contributed by atoms with Gasteiger partial charge in [0.15, 0.2) is 11.4 Å². The Balaban J connectivity index is 1.81. The van der Waals surface area contributed by atoms with Crippen LogP contribution in [0.4, 0.5) is 5.69 Å². The summed E-state index contributed by atoms with van der Waals surface area (Å²) in [6.45, 7) is 3.06. The molecule has 2 aliphatic carbocycles. The van der Waals surface area contributed by atoms with Crippen LogP contribution in [0, 0.1) is 0 Å². The van der Waals surface area contributed by atoms with E-state index in [0.717, 1.165) is 23.3 Å². The molecule has 0 bridgehead atoms. The van der Waals surface area contributed by atoms with Gasteiger partial charge in [-0.25, -0.2) is 0 Å². The fourth-order valence-electron chi connectivity index (χ4n) is 5.88. The highest BCUT2D eigenvalue weighted by atomic mass is 32.2. The molecule has 0 spiro atoms. The Labute approximate surface area is 179 Å². The summed E-state index contributed by atoms with van der Waals surface area (Å²) >= 11 is 3.61. The molecule has 5 heteroatoms. The Bertz CT molecular complexity index is 623. The lowest BCUT2D eigenvalue weighted by atomic mass is 9.85. The van der Waals surface area contributed by atoms with E-state index in [1.807, 2.05) is 11.8 Å². The molecule has 1 unspecified atom stereocenters. The largest absolute Gasteiger partial charge is 0.487 e. The van der Waals surface area contributed by atoms with E-state index in [2.05, 4.69) is 25.1 Å². The van der Waals surface area contributed by atoms with Crippen molar-refractivity contribution in [2.45, 2.75) is 106 Å². The Morgan fingerprint density at radius 2 is 1.68 bits per heavy atom. The normalized spacial score (nSPS) is 25.6. The zero-order chi connectivity index (χ0) is 19.4. The minimum atomic E-state index is 0.372. The van der Waals surface area contributed by atoms with Gasteiger partial charge in [0.05, 0.1) is 23.6 Å². The lowest BCUT2D eigenvalue weighted by Crippen LogP contribution is -2.66. The van der Waals surface area contributed by atoms with E-state index >= 15 is 0 Å². The summed E-state index contributed by atoms with van der Waals surface area (Å²) in [5.74, 6) is 1.14. The molecule has 2 N–H and O–H groups in total. The van der Waals surface area contributed by atoms with Gasteiger partial charge in [-0.3, -0.25) is 9.62 Å². The van der Waals surface area contributed by atoms with Crippen LogP contribution in [-0.2, 0) is 0 Å². The van der Waals surface area contributed by atoms with Crippen molar-refractivity contribution in [2.24, 2.45) is 5.14 Å². The molecule has 1 atom stereocenters. The number of nitrogens with two attached hydrogens (primary N) is 1. The molecular weight excluding hydrogens is 384 g/mol. The zero-order valence-corrected chi connectivity index (χ0v) is 19.0.